The second kappa shape index (κ2) is 9.52. The molecule has 26 heavy (non-hydrogen) atoms. The van der Waals surface area contributed by atoms with Gasteiger partial charge >= 0.3 is 0 Å². The summed E-state index contributed by atoms with van der Waals surface area (Å²) in [5.74, 6) is 1.51. The van der Waals surface area contributed by atoms with Crippen molar-refractivity contribution in [3.63, 3.8) is 0 Å². The summed E-state index contributed by atoms with van der Waals surface area (Å²) in [5.41, 5.74) is 1.05. The molecule has 0 aliphatic heterocycles. The van der Waals surface area contributed by atoms with E-state index in [1.807, 2.05) is 12.3 Å². The highest BCUT2D eigenvalue weighted by Crippen LogP contribution is 2.24. The zero-order valence-electron chi connectivity index (χ0n) is 15.5. The van der Waals surface area contributed by atoms with Crippen molar-refractivity contribution in [1.29, 1.82) is 0 Å². The van der Waals surface area contributed by atoms with Gasteiger partial charge in [0.25, 0.3) is 0 Å². The molecule has 6 nitrogen and oxygen atoms in total. The standard InChI is InChI=1S/C19H27N5OS/c1-14-12-23-17(26-14)9-11-22-19(20-2)24-13-15-6-5-10-21-18(15)25-16-7-3-4-8-16/h5-6,10,12,16H,3-4,7-9,11,13H2,1-2H3,(H2,20,22,24). The number of hydrogen-bond donors (Lipinski definition) is 2. The van der Waals surface area contributed by atoms with Gasteiger partial charge in [-0.1, -0.05) is 6.07 Å². The number of guanidine groups is 1. The Labute approximate surface area is 159 Å². The predicted octanol–water partition coefficient (Wildman–Crippen LogP) is 3.08. The highest BCUT2D eigenvalue weighted by Gasteiger charge is 2.18. The zero-order chi connectivity index (χ0) is 18.2. The Hall–Kier alpha value is -2.15. The van der Waals surface area contributed by atoms with Crippen LogP contribution in [0.3, 0.4) is 0 Å². The molecular formula is C19H27N5OS. The van der Waals surface area contributed by atoms with E-state index in [0.717, 1.165) is 48.2 Å². The summed E-state index contributed by atoms with van der Waals surface area (Å²) in [6, 6.07) is 4.00. The van der Waals surface area contributed by atoms with Crippen LogP contribution in [0.15, 0.2) is 29.5 Å². The molecule has 0 radical (unpaired) electrons. The molecular weight excluding hydrogens is 346 g/mol. The Morgan fingerprint density at radius 2 is 2.15 bits per heavy atom. The fourth-order valence-electron chi connectivity index (χ4n) is 3.03. The van der Waals surface area contributed by atoms with E-state index in [2.05, 4.69) is 38.6 Å². The first-order valence-corrected chi connectivity index (χ1v) is 10.0. The lowest BCUT2D eigenvalue weighted by Gasteiger charge is -2.16. The van der Waals surface area contributed by atoms with E-state index < -0.39 is 0 Å². The van der Waals surface area contributed by atoms with Gasteiger partial charge in [0.2, 0.25) is 5.88 Å². The predicted molar refractivity (Wildman–Crippen MR) is 106 cm³/mol. The summed E-state index contributed by atoms with van der Waals surface area (Å²) in [6.45, 7) is 3.51. The average molecular weight is 374 g/mol. The number of rotatable bonds is 7. The van der Waals surface area contributed by atoms with E-state index >= 15 is 0 Å². The maximum absolute atomic E-state index is 6.10. The second-order valence-electron chi connectivity index (χ2n) is 6.46. The number of ether oxygens (including phenoxy) is 1. The molecule has 0 aromatic carbocycles. The van der Waals surface area contributed by atoms with Crippen molar-refractivity contribution in [2.24, 2.45) is 4.99 Å². The van der Waals surface area contributed by atoms with Crippen molar-refractivity contribution in [2.75, 3.05) is 13.6 Å². The van der Waals surface area contributed by atoms with E-state index in [-0.39, 0.29) is 0 Å². The smallest absolute Gasteiger partial charge is 0.218 e. The number of aliphatic imine (C=N–C) groups is 1. The maximum Gasteiger partial charge on any atom is 0.218 e. The summed E-state index contributed by atoms with van der Waals surface area (Å²) in [7, 11) is 1.78. The van der Waals surface area contributed by atoms with Crippen molar-refractivity contribution in [3.05, 3.63) is 40.0 Å². The van der Waals surface area contributed by atoms with E-state index in [4.69, 9.17) is 4.74 Å². The molecule has 2 N–H and O–H groups in total. The topological polar surface area (TPSA) is 71.4 Å². The fraction of sp³-hybridized carbons (Fsp3) is 0.526. The maximum atomic E-state index is 6.10. The van der Waals surface area contributed by atoms with Gasteiger partial charge in [-0.3, -0.25) is 4.99 Å². The Balaban J connectivity index is 1.48. The van der Waals surface area contributed by atoms with E-state index in [1.165, 1.54) is 17.7 Å². The van der Waals surface area contributed by atoms with E-state index in [1.54, 1.807) is 24.6 Å². The molecule has 1 saturated carbocycles. The van der Waals surface area contributed by atoms with Crippen LogP contribution in [0, 0.1) is 6.92 Å². The van der Waals surface area contributed by atoms with Crippen LogP contribution in [0.25, 0.3) is 0 Å². The zero-order valence-corrected chi connectivity index (χ0v) is 16.3. The van der Waals surface area contributed by atoms with Crippen LogP contribution in [-0.2, 0) is 13.0 Å². The molecule has 7 heteroatoms. The molecule has 0 spiro atoms. The highest BCUT2D eigenvalue weighted by molar-refractivity contribution is 7.11. The number of nitrogens with one attached hydrogen (secondary N) is 2. The molecule has 3 rings (SSSR count). The first-order chi connectivity index (χ1) is 12.7. The van der Waals surface area contributed by atoms with Gasteiger partial charge in [-0.25, -0.2) is 9.97 Å². The summed E-state index contributed by atoms with van der Waals surface area (Å²) in [6.07, 6.45) is 9.66. The van der Waals surface area contributed by atoms with Gasteiger partial charge in [0.05, 0.1) is 5.01 Å². The van der Waals surface area contributed by atoms with E-state index in [0.29, 0.717) is 12.6 Å². The van der Waals surface area contributed by atoms with Crippen LogP contribution in [0.5, 0.6) is 5.88 Å². The van der Waals surface area contributed by atoms with Crippen molar-refractivity contribution in [3.8, 4) is 5.88 Å². The molecule has 140 valence electrons. The van der Waals surface area contributed by atoms with Crippen LogP contribution in [0.2, 0.25) is 0 Å². The normalized spacial score (nSPS) is 15.2. The van der Waals surface area contributed by atoms with Crippen LogP contribution < -0.4 is 15.4 Å². The van der Waals surface area contributed by atoms with Crippen LogP contribution in [-0.4, -0.2) is 35.6 Å². The minimum atomic E-state index is 0.308. The van der Waals surface area contributed by atoms with Crippen LogP contribution in [0.1, 0.15) is 41.1 Å². The molecule has 2 aromatic rings. The molecule has 0 bridgehead atoms. The van der Waals surface area contributed by atoms with Gasteiger partial charge in [-0.05, 0) is 38.7 Å². The summed E-state index contributed by atoms with van der Waals surface area (Å²) >= 11 is 1.74. The Morgan fingerprint density at radius 1 is 1.31 bits per heavy atom. The summed E-state index contributed by atoms with van der Waals surface area (Å²) in [5, 5.41) is 7.82. The Kier molecular flexibility index (Phi) is 6.82. The SMILES string of the molecule is CN=C(NCCc1ncc(C)s1)NCc1cccnc1OC1CCCC1. The number of thiazole rings is 1. The quantitative estimate of drug-likeness (QED) is 0.576. The largest absolute Gasteiger partial charge is 0.474 e. The van der Waals surface area contributed by atoms with Crippen molar-refractivity contribution >= 4 is 17.3 Å². The van der Waals surface area contributed by atoms with Crippen molar-refractivity contribution < 1.29 is 4.74 Å². The molecule has 0 saturated heterocycles. The van der Waals surface area contributed by atoms with Crippen molar-refractivity contribution in [2.45, 2.75) is 51.7 Å². The molecule has 1 aliphatic carbocycles. The molecule has 0 atom stereocenters. The van der Waals surface area contributed by atoms with Gasteiger partial charge in [-0.2, -0.15) is 0 Å². The lowest BCUT2D eigenvalue weighted by Crippen LogP contribution is -2.38. The highest BCUT2D eigenvalue weighted by atomic mass is 32.1. The number of nitrogens with zero attached hydrogens (tertiary/aromatic N) is 3. The second-order valence-corrected chi connectivity index (χ2v) is 7.78. The van der Waals surface area contributed by atoms with Crippen molar-refractivity contribution in [1.82, 2.24) is 20.6 Å². The number of pyridine rings is 1. The minimum absolute atomic E-state index is 0.308. The molecule has 2 heterocycles. The lowest BCUT2D eigenvalue weighted by molar-refractivity contribution is 0.199. The average Bonchev–Trinajstić information content (AvgIpc) is 3.31. The van der Waals surface area contributed by atoms with Gasteiger partial charge in [0.15, 0.2) is 5.96 Å². The monoisotopic (exact) mass is 373 g/mol. The third-order valence-electron chi connectivity index (χ3n) is 4.40. The van der Waals surface area contributed by atoms with Crippen LogP contribution >= 0.6 is 11.3 Å². The molecule has 1 fully saturated rings. The molecule has 2 aromatic heterocycles. The third kappa shape index (κ3) is 5.42. The molecule has 0 unspecified atom stereocenters. The minimum Gasteiger partial charge on any atom is -0.474 e. The van der Waals surface area contributed by atoms with E-state index in [9.17, 15) is 0 Å². The first kappa shape index (κ1) is 18.6. The Bertz CT molecular complexity index is 724. The number of aromatic nitrogens is 2. The number of hydrogen-bond acceptors (Lipinski definition) is 5. The van der Waals surface area contributed by atoms with Gasteiger partial charge in [0.1, 0.15) is 6.10 Å². The fourth-order valence-corrected chi connectivity index (χ4v) is 3.82. The first-order valence-electron chi connectivity index (χ1n) is 9.21. The number of aryl methyl sites for hydroxylation is 1. The Morgan fingerprint density at radius 3 is 2.88 bits per heavy atom. The van der Waals surface area contributed by atoms with Gasteiger partial charge in [0, 0.05) is 49.4 Å². The summed E-state index contributed by atoms with van der Waals surface area (Å²) in [4.78, 5) is 14.3. The van der Waals surface area contributed by atoms with Crippen LogP contribution in [0.4, 0.5) is 0 Å². The van der Waals surface area contributed by atoms with Gasteiger partial charge in [-0.15, -0.1) is 11.3 Å². The lowest BCUT2D eigenvalue weighted by atomic mass is 10.2. The third-order valence-corrected chi connectivity index (χ3v) is 5.37. The van der Waals surface area contributed by atoms with Gasteiger partial charge < -0.3 is 15.4 Å². The summed E-state index contributed by atoms with van der Waals surface area (Å²) < 4.78 is 6.10. The molecule has 0 amide bonds. The molecule has 1 aliphatic rings.